The molecular weight excluding hydrogens is 749 g/mol. The lowest BCUT2D eigenvalue weighted by Crippen LogP contribution is -2.56. The molecule has 2 aliphatic rings. The van der Waals surface area contributed by atoms with E-state index in [2.05, 4.69) is 15.5 Å². The molecule has 21 heteroatoms. The van der Waals surface area contributed by atoms with Gasteiger partial charge in [-0.3, -0.25) is 19.1 Å². The zero-order valence-electron chi connectivity index (χ0n) is 29.4. The second-order valence-corrected chi connectivity index (χ2v) is 14.5. The Bertz CT molecular complexity index is 2180. The van der Waals surface area contributed by atoms with Crippen LogP contribution in [0.2, 0.25) is 0 Å². The predicted octanol–water partition coefficient (Wildman–Crippen LogP) is 3.47. The van der Waals surface area contributed by atoms with Gasteiger partial charge in [-0.05, 0) is 61.5 Å². The molecule has 4 heterocycles. The summed E-state index contributed by atoms with van der Waals surface area (Å²) >= 11 is 0. The summed E-state index contributed by atoms with van der Waals surface area (Å²) in [5, 5.41) is 29.0. The lowest BCUT2D eigenvalue weighted by Gasteiger charge is -2.33. The van der Waals surface area contributed by atoms with Crippen LogP contribution in [-0.2, 0) is 42.0 Å². The summed E-state index contributed by atoms with van der Waals surface area (Å²) in [6, 6.07) is 4.65. The summed E-state index contributed by atoms with van der Waals surface area (Å²) in [7, 11) is -0.766. The van der Waals surface area contributed by atoms with Crippen molar-refractivity contribution in [3.63, 3.8) is 0 Å². The molecule has 1 aromatic carbocycles. The van der Waals surface area contributed by atoms with E-state index >= 15 is 0 Å². The van der Waals surface area contributed by atoms with Gasteiger partial charge >= 0.3 is 26.0 Å². The zero-order chi connectivity index (χ0) is 40.4. The van der Waals surface area contributed by atoms with E-state index in [0.29, 0.717) is 10.7 Å². The standard InChI is InChI=1S/C34H34BF8N7O5/c1-31(2,17-50-24(12-26(46-50)34(41,42)43)19-4-7-27(51)47(3)16-19)45-28(52)25(10-18-14-44-49(15-18)30(36)37)48-9-8-32(29(48)53)13-23(32)21-6-5-20(35(54)55)11-22(21)33(38,39)40/h4-7,11-12,14-16,23,25,30,54-55H,8-10,13,17H2,1-3H3,(H,45,52)/t23?,25-,32?/m1/s1. The molecule has 0 radical (unpaired) electrons. The van der Waals surface area contributed by atoms with E-state index in [1.54, 1.807) is 0 Å². The molecule has 294 valence electrons. The van der Waals surface area contributed by atoms with Gasteiger partial charge in [0.05, 0.1) is 35.0 Å². The molecule has 2 unspecified atom stereocenters. The fourth-order valence-electron chi connectivity index (χ4n) is 7.26. The monoisotopic (exact) mass is 783 g/mol. The van der Waals surface area contributed by atoms with Gasteiger partial charge in [-0.2, -0.15) is 45.3 Å². The van der Waals surface area contributed by atoms with Crippen molar-refractivity contribution in [1.82, 2.24) is 34.3 Å². The maximum Gasteiger partial charge on any atom is 0.488 e. The molecular formula is C34H34BF8N7O5. The van der Waals surface area contributed by atoms with E-state index < -0.39 is 83.0 Å². The average molecular weight is 783 g/mol. The minimum atomic E-state index is -4.91. The van der Waals surface area contributed by atoms with Crippen molar-refractivity contribution >= 4 is 24.4 Å². The highest BCUT2D eigenvalue weighted by atomic mass is 19.4. The van der Waals surface area contributed by atoms with Gasteiger partial charge in [-0.25, -0.2) is 4.68 Å². The van der Waals surface area contributed by atoms with Gasteiger partial charge in [0.15, 0.2) is 5.69 Å². The van der Waals surface area contributed by atoms with Crippen molar-refractivity contribution < 1.29 is 54.8 Å². The number of carbonyl (C=O) groups excluding carboxylic acids is 2. The predicted molar refractivity (Wildman–Crippen MR) is 178 cm³/mol. The topological polar surface area (TPSA) is 148 Å². The van der Waals surface area contributed by atoms with Crippen LogP contribution in [0.1, 0.15) is 61.5 Å². The number of nitrogens with zero attached hydrogens (tertiary/aromatic N) is 6. The summed E-state index contributed by atoms with van der Waals surface area (Å²) < 4.78 is 113. The number of rotatable bonds is 11. The van der Waals surface area contributed by atoms with Crippen molar-refractivity contribution in [2.75, 3.05) is 6.54 Å². The quantitative estimate of drug-likeness (QED) is 0.156. The Morgan fingerprint density at radius 2 is 1.75 bits per heavy atom. The van der Waals surface area contributed by atoms with Crippen molar-refractivity contribution in [3.8, 4) is 11.3 Å². The Morgan fingerprint density at radius 1 is 1.04 bits per heavy atom. The first kappa shape index (κ1) is 39.6. The van der Waals surface area contributed by atoms with Gasteiger partial charge in [0.2, 0.25) is 17.4 Å². The Hall–Kier alpha value is -5.05. The van der Waals surface area contributed by atoms with Gasteiger partial charge in [-0.1, -0.05) is 12.1 Å². The number of pyridine rings is 1. The van der Waals surface area contributed by atoms with E-state index in [9.17, 15) is 59.6 Å². The summed E-state index contributed by atoms with van der Waals surface area (Å²) in [5.41, 5.74) is -5.87. The van der Waals surface area contributed by atoms with Crippen LogP contribution >= 0.6 is 0 Å². The smallest absolute Gasteiger partial charge is 0.423 e. The number of nitrogens with one attached hydrogen (secondary N) is 1. The molecule has 2 amide bonds. The van der Waals surface area contributed by atoms with Gasteiger partial charge in [0.25, 0.3) is 0 Å². The molecule has 12 nitrogen and oxygen atoms in total. The molecule has 1 saturated carbocycles. The molecule has 3 aromatic heterocycles. The third-order valence-electron chi connectivity index (χ3n) is 10.0. The fraction of sp³-hybridized carbons (Fsp3) is 0.441. The zero-order valence-corrected chi connectivity index (χ0v) is 29.4. The molecule has 1 aliphatic heterocycles. The number of halogens is 8. The van der Waals surface area contributed by atoms with Crippen LogP contribution in [-0.4, -0.2) is 76.1 Å². The van der Waals surface area contributed by atoms with Crippen LogP contribution in [0.4, 0.5) is 35.1 Å². The minimum Gasteiger partial charge on any atom is -0.423 e. The number of hydrogen-bond donors (Lipinski definition) is 3. The summed E-state index contributed by atoms with van der Waals surface area (Å²) in [6.07, 6.45) is -6.71. The molecule has 55 heavy (non-hydrogen) atoms. The van der Waals surface area contributed by atoms with Crippen molar-refractivity contribution in [3.05, 3.63) is 87.7 Å². The molecule has 2 fully saturated rings. The van der Waals surface area contributed by atoms with Gasteiger partial charge < -0.3 is 24.8 Å². The van der Waals surface area contributed by atoms with E-state index in [1.165, 1.54) is 33.2 Å². The first-order valence-electron chi connectivity index (χ1n) is 16.8. The third kappa shape index (κ3) is 7.89. The number of benzene rings is 1. The third-order valence-corrected chi connectivity index (χ3v) is 10.0. The van der Waals surface area contributed by atoms with Crippen molar-refractivity contribution in [2.45, 2.75) is 76.1 Å². The van der Waals surface area contributed by atoms with Crippen molar-refractivity contribution in [2.24, 2.45) is 12.5 Å². The van der Waals surface area contributed by atoms with Crippen LogP contribution in [0.5, 0.6) is 0 Å². The maximum atomic E-state index is 14.2. The Balaban J connectivity index is 1.30. The molecule has 3 N–H and O–H groups in total. The van der Waals surface area contributed by atoms with E-state index in [-0.39, 0.29) is 54.7 Å². The number of carbonyl (C=O) groups is 2. The molecule has 6 rings (SSSR count). The lowest BCUT2D eigenvalue weighted by atomic mass is 9.78. The van der Waals surface area contributed by atoms with Gasteiger partial charge in [0, 0.05) is 50.0 Å². The number of likely N-dealkylation sites (tertiary alicyclic amines) is 1. The van der Waals surface area contributed by atoms with Crippen LogP contribution in [0.3, 0.4) is 0 Å². The number of amides is 2. The summed E-state index contributed by atoms with van der Waals surface area (Å²) in [4.78, 5) is 41.5. The largest absolute Gasteiger partial charge is 0.488 e. The summed E-state index contributed by atoms with van der Waals surface area (Å²) in [6.45, 7) is -0.529. The highest BCUT2D eigenvalue weighted by Gasteiger charge is 2.66. The number of alkyl halides is 8. The highest BCUT2D eigenvalue weighted by molar-refractivity contribution is 6.58. The van der Waals surface area contributed by atoms with Crippen LogP contribution in [0.25, 0.3) is 11.3 Å². The van der Waals surface area contributed by atoms with Gasteiger partial charge in [-0.15, -0.1) is 0 Å². The Labute approximate surface area is 307 Å². The summed E-state index contributed by atoms with van der Waals surface area (Å²) in [5.74, 6) is -2.43. The van der Waals surface area contributed by atoms with Crippen LogP contribution < -0.4 is 16.3 Å². The lowest BCUT2D eigenvalue weighted by molar-refractivity contribution is -0.142. The Morgan fingerprint density at radius 3 is 2.35 bits per heavy atom. The number of aromatic nitrogens is 5. The second-order valence-electron chi connectivity index (χ2n) is 14.5. The van der Waals surface area contributed by atoms with Crippen molar-refractivity contribution in [1.29, 1.82) is 0 Å². The first-order chi connectivity index (χ1) is 25.5. The normalized spacial score (nSPS) is 19.4. The van der Waals surface area contributed by atoms with Gasteiger partial charge in [0.1, 0.15) is 6.04 Å². The molecule has 0 bridgehead atoms. The molecule has 1 spiro atoms. The first-order valence-corrected chi connectivity index (χ1v) is 16.8. The SMILES string of the molecule is Cn1cc(-c2cc(C(F)(F)F)nn2CC(C)(C)NC(=O)[C@@H](Cc2cnn(C(F)F)c2)N2CCC3(CC3c3ccc(B(O)O)cc3C(F)(F)F)C2=O)ccc1=O. The fourth-order valence-corrected chi connectivity index (χ4v) is 7.26. The Kier molecular flexibility index (Phi) is 10.0. The maximum absolute atomic E-state index is 14.2. The molecule has 3 atom stereocenters. The second kappa shape index (κ2) is 13.9. The minimum absolute atomic E-state index is 0.00964. The molecule has 4 aromatic rings. The molecule has 1 aliphatic carbocycles. The van der Waals surface area contributed by atoms with Crippen LogP contribution in [0, 0.1) is 5.41 Å². The van der Waals surface area contributed by atoms with Crippen LogP contribution in [0.15, 0.2) is 59.8 Å². The number of aryl methyl sites for hydroxylation is 1. The molecule has 1 saturated heterocycles. The number of hydrogen-bond acceptors (Lipinski definition) is 7. The van der Waals surface area contributed by atoms with E-state index in [1.807, 2.05) is 0 Å². The average Bonchev–Trinajstić information content (AvgIpc) is 3.33. The van der Waals surface area contributed by atoms with E-state index in [0.717, 1.165) is 50.8 Å². The van der Waals surface area contributed by atoms with E-state index in [4.69, 9.17) is 0 Å². The highest BCUT2D eigenvalue weighted by Crippen LogP contribution is 2.66.